The Hall–Kier alpha value is -3.03. The van der Waals surface area contributed by atoms with Crippen molar-refractivity contribution in [2.45, 2.75) is 32.2 Å². The molecule has 0 aromatic heterocycles. The lowest BCUT2D eigenvalue weighted by Gasteiger charge is -2.26. The van der Waals surface area contributed by atoms with Crippen molar-refractivity contribution in [2.24, 2.45) is 0 Å². The Morgan fingerprint density at radius 2 is 1.76 bits per heavy atom. The van der Waals surface area contributed by atoms with Crippen LogP contribution in [-0.4, -0.2) is 55.7 Å². The van der Waals surface area contributed by atoms with Crippen molar-refractivity contribution in [3.8, 4) is 11.5 Å². The molecule has 8 heteroatoms. The molecule has 1 atom stereocenters. The molecule has 0 aliphatic carbocycles. The van der Waals surface area contributed by atoms with Crippen LogP contribution in [0.15, 0.2) is 48.0 Å². The third kappa shape index (κ3) is 5.54. The van der Waals surface area contributed by atoms with Crippen molar-refractivity contribution < 1.29 is 28.9 Å². The van der Waals surface area contributed by atoms with Crippen LogP contribution < -0.4 is 9.47 Å². The van der Waals surface area contributed by atoms with E-state index in [9.17, 15) is 14.7 Å². The van der Waals surface area contributed by atoms with Crippen LogP contribution >= 0.6 is 11.6 Å². The second kappa shape index (κ2) is 11.9. The molecule has 0 bridgehead atoms. The molecular weight excluding hydrogens is 458 g/mol. The number of hydrogen-bond acceptors (Lipinski definition) is 6. The highest BCUT2D eigenvalue weighted by Gasteiger charge is 2.46. The number of halogens is 1. The number of aliphatic hydroxyl groups is 1. The van der Waals surface area contributed by atoms with E-state index in [2.05, 4.69) is 6.92 Å². The quantitative estimate of drug-likeness (QED) is 0.208. The minimum atomic E-state index is -0.786. The second-order valence-electron chi connectivity index (χ2n) is 7.96. The molecule has 0 spiro atoms. The predicted molar refractivity (Wildman–Crippen MR) is 130 cm³/mol. The SMILES string of the molecule is CCCCOc1ccc(C2C(=C(O)c3ccc(Cl)cc3)C(=O)C(=O)N2CCCOC)cc1OC. The molecule has 1 fully saturated rings. The van der Waals surface area contributed by atoms with E-state index in [1.54, 1.807) is 49.6 Å². The van der Waals surface area contributed by atoms with Crippen LogP contribution in [0.5, 0.6) is 11.5 Å². The van der Waals surface area contributed by atoms with Gasteiger partial charge in [0.05, 0.1) is 25.3 Å². The molecule has 0 saturated carbocycles. The maximum absolute atomic E-state index is 13.1. The van der Waals surface area contributed by atoms with E-state index in [0.717, 1.165) is 12.8 Å². The Labute approximate surface area is 204 Å². The highest BCUT2D eigenvalue weighted by Crippen LogP contribution is 2.42. The van der Waals surface area contributed by atoms with Gasteiger partial charge in [-0.3, -0.25) is 9.59 Å². The van der Waals surface area contributed by atoms with Crippen LogP contribution in [0, 0.1) is 0 Å². The maximum Gasteiger partial charge on any atom is 0.295 e. The van der Waals surface area contributed by atoms with Gasteiger partial charge in [-0.1, -0.05) is 31.0 Å². The summed E-state index contributed by atoms with van der Waals surface area (Å²) in [6.07, 6.45) is 2.45. The molecule has 1 heterocycles. The smallest absolute Gasteiger partial charge is 0.295 e. The number of likely N-dealkylation sites (tertiary alicyclic amines) is 1. The van der Waals surface area contributed by atoms with Crippen molar-refractivity contribution in [2.75, 3.05) is 34.0 Å². The standard InChI is InChI=1S/C26H30ClNO6/c1-4-5-15-34-20-12-9-18(16-21(20)33-3)23-22(24(29)17-7-10-19(27)11-8-17)25(30)26(31)28(23)13-6-14-32-2/h7-12,16,23,29H,4-6,13-15H2,1-3H3. The number of aliphatic hydroxyl groups excluding tert-OH is 1. The van der Waals surface area contributed by atoms with Gasteiger partial charge in [0.15, 0.2) is 11.5 Å². The number of carbonyl (C=O) groups is 2. The fourth-order valence-electron chi connectivity index (χ4n) is 3.90. The van der Waals surface area contributed by atoms with Crippen LogP contribution in [0.1, 0.15) is 43.4 Å². The predicted octanol–water partition coefficient (Wildman–Crippen LogP) is 4.99. The van der Waals surface area contributed by atoms with Gasteiger partial charge in [-0.25, -0.2) is 0 Å². The number of ketones is 1. The fraction of sp³-hybridized carbons (Fsp3) is 0.385. The van der Waals surface area contributed by atoms with Crippen LogP contribution in [0.25, 0.3) is 5.76 Å². The van der Waals surface area contributed by atoms with Crippen molar-refractivity contribution in [1.82, 2.24) is 4.90 Å². The monoisotopic (exact) mass is 487 g/mol. The molecule has 1 aliphatic rings. The van der Waals surface area contributed by atoms with Gasteiger partial charge < -0.3 is 24.2 Å². The summed E-state index contributed by atoms with van der Waals surface area (Å²) in [7, 11) is 3.11. The highest BCUT2D eigenvalue weighted by atomic mass is 35.5. The van der Waals surface area contributed by atoms with Crippen LogP contribution in [0.3, 0.4) is 0 Å². The largest absolute Gasteiger partial charge is 0.507 e. The van der Waals surface area contributed by atoms with E-state index in [1.807, 2.05) is 0 Å². The van der Waals surface area contributed by atoms with Gasteiger partial charge in [-0.15, -0.1) is 0 Å². The zero-order valence-corrected chi connectivity index (χ0v) is 20.4. The number of ether oxygens (including phenoxy) is 3. The number of amides is 1. The van der Waals surface area contributed by atoms with Crippen LogP contribution in [0.4, 0.5) is 0 Å². The number of Topliss-reactive ketones (excluding diaryl/α,β-unsaturated/α-hetero) is 1. The summed E-state index contributed by atoms with van der Waals surface area (Å²) in [5.74, 6) is -0.594. The van der Waals surface area contributed by atoms with Gasteiger partial charge >= 0.3 is 0 Å². The fourth-order valence-corrected chi connectivity index (χ4v) is 4.03. The van der Waals surface area contributed by atoms with E-state index in [0.29, 0.717) is 47.3 Å². The Kier molecular flexibility index (Phi) is 8.96. The van der Waals surface area contributed by atoms with Gasteiger partial charge in [0.1, 0.15) is 5.76 Å². The first kappa shape index (κ1) is 25.6. The number of carbonyl (C=O) groups excluding carboxylic acids is 2. The molecule has 182 valence electrons. The Balaban J connectivity index is 2.08. The third-order valence-electron chi connectivity index (χ3n) is 5.66. The third-order valence-corrected chi connectivity index (χ3v) is 5.92. The number of methoxy groups -OCH3 is 2. The Bertz CT molecular complexity index is 1050. The van der Waals surface area contributed by atoms with Gasteiger partial charge in [0, 0.05) is 30.8 Å². The van der Waals surface area contributed by atoms with E-state index in [4.69, 9.17) is 25.8 Å². The summed E-state index contributed by atoms with van der Waals surface area (Å²) in [4.78, 5) is 27.5. The number of nitrogens with zero attached hydrogens (tertiary/aromatic N) is 1. The molecule has 1 N–H and O–H groups in total. The summed E-state index contributed by atoms with van der Waals surface area (Å²) in [6.45, 7) is 3.35. The molecule has 1 unspecified atom stereocenters. The van der Waals surface area contributed by atoms with E-state index < -0.39 is 17.7 Å². The van der Waals surface area contributed by atoms with Crippen molar-refractivity contribution >= 4 is 29.1 Å². The van der Waals surface area contributed by atoms with Gasteiger partial charge in [-0.05, 0) is 54.8 Å². The molecule has 1 saturated heterocycles. The summed E-state index contributed by atoms with van der Waals surface area (Å²) in [5.41, 5.74) is 1.05. The molecule has 7 nitrogen and oxygen atoms in total. The van der Waals surface area contributed by atoms with Gasteiger partial charge in [0.2, 0.25) is 0 Å². The molecule has 1 amide bonds. The Morgan fingerprint density at radius 1 is 1.03 bits per heavy atom. The van der Waals surface area contributed by atoms with Crippen LogP contribution in [-0.2, 0) is 14.3 Å². The number of hydrogen-bond donors (Lipinski definition) is 1. The van der Waals surface area contributed by atoms with E-state index in [-0.39, 0.29) is 17.9 Å². The van der Waals surface area contributed by atoms with Crippen molar-refractivity contribution in [3.63, 3.8) is 0 Å². The average molecular weight is 488 g/mol. The number of unbranched alkanes of at least 4 members (excludes halogenated alkanes) is 1. The lowest BCUT2D eigenvalue weighted by molar-refractivity contribution is -0.140. The first-order valence-corrected chi connectivity index (χ1v) is 11.6. The summed E-state index contributed by atoms with van der Waals surface area (Å²) in [5, 5.41) is 11.6. The molecular formula is C26H30ClNO6. The molecule has 2 aromatic carbocycles. The molecule has 2 aromatic rings. The summed E-state index contributed by atoms with van der Waals surface area (Å²) >= 11 is 5.98. The average Bonchev–Trinajstić information content (AvgIpc) is 3.09. The van der Waals surface area contributed by atoms with Crippen LogP contribution in [0.2, 0.25) is 5.02 Å². The van der Waals surface area contributed by atoms with Crippen molar-refractivity contribution in [1.29, 1.82) is 0 Å². The normalized spacial score (nSPS) is 17.3. The maximum atomic E-state index is 13.1. The summed E-state index contributed by atoms with van der Waals surface area (Å²) in [6, 6.07) is 11.0. The zero-order valence-electron chi connectivity index (χ0n) is 19.7. The van der Waals surface area contributed by atoms with Crippen molar-refractivity contribution in [3.05, 3.63) is 64.2 Å². The van der Waals surface area contributed by atoms with E-state index in [1.165, 1.54) is 12.0 Å². The first-order valence-electron chi connectivity index (χ1n) is 11.3. The second-order valence-corrected chi connectivity index (χ2v) is 8.39. The van der Waals surface area contributed by atoms with Gasteiger partial charge in [-0.2, -0.15) is 0 Å². The Morgan fingerprint density at radius 3 is 2.41 bits per heavy atom. The number of benzene rings is 2. The zero-order chi connectivity index (χ0) is 24.7. The van der Waals surface area contributed by atoms with Gasteiger partial charge in [0.25, 0.3) is 11.7 Å². The molecule has 3 rings (SSSR count). The lowest BCUT2D eigenvalue weighted by Crippen LogP contribution is -2.31. The first-order chi connectivity index (χ1) is 16.4. The summed E-state index contributed by atoms with van der Waals surface area (Å²) < 4.78 is 16.5. The molecule has 0 radical (unpaired) electrons. The highest BCUT2D eigenvalue weighted by molar-refractivity contribution is 6.46. The lowest BCUT2D eigenvalue weighted by atomic mass is 9.95. The number of rotatable bonds is 11. The molecule has 34 heavy (non-hydrogen) atoms. The molecule has 1 aliphatic heterocycles. The van der Waals surface area contributed by atoms with E-state index >= 15 is 0 Å². The minimum absolute atomic E-state index is 0.0199. The topological polar surface area (TPSA) is 85.3 Å². The minimum Gasteiger partial charge on any atom is -0.507 e.